The number of nitrogens with one attached hydrogen (secondary N) is 1. The van der Waals surface area contributed by atoms with Crippen molar-refractivity contribution in [2.45, 2.75) is 16.4 Å². The maximum atomic E-state index is 13.0. The molecule has 1 aromatic heterocycles. The first-order valence-corrected chi connectivity index (χ1v) is 9.96. The molecule has 6 heteroatoms. The lowest BCUT2D eigenvalue weighted by molar-refractivity contribution is 0.269. The highest BCUT2D eigenvalue weighted by Crippen LogP contribution is 2.40. The first kappa shape index (κ1) is 16.2. The predicted octanol–water partition coefficient (Wildman–Crippen LogP) is 4.44. The van der Waals surface area contributed by atoms with Crippen molar-refractivity contribution in [1.82, 2.24) is 0 Å². The fourth-order valence-electron chi connectivity index (χ4n) is 2.81. The molecule has 2 aromatic carbocycles. The smallest absolute Gasteiger partial charge is 0.202 e. The van der Waals surface area contributed by atoms with E-state index in [4.69, 9.17) is 9.47 Å². The van der Waals surface area contributed by atoms with E-state index in [0.717, 1.165) is 21.2 Å². The van der Waals surface area contributed by atoms with Gasteiger partial charge in [-0.05, 0) is 47.8 Å². The Morgan fingerprint density at radius 3 is 2.60 bits per heavy atom. The molecule has 0 fully saturated rings. The summed E-state index contributed by atoms with van der Waals surface area (Å²) in [5.74, 6) is 1.50. The summed E-state index contributed by atoms with van der Waals surface area (Å²) in [4.78, 5) is 1.84. The maximum absolute atomic E-state index is 13.0. The van der Waals surface area contributed by atoms with Gasteiger partial charge in [-0.15, -0.1) is 11.3 Å². The van der Waals surface area contributed by atoms with Crippen molar-refractivity contribution in [1.29, 1.82) is 0 Å². The summed E-state index contributed by atoms with van der Waals surface area (Å²) < 4.78 is 24.2. The van der Waals surface area contributed by atoms with Crippen molar-refractivity contribution in [3.8, 4) is 11.5 Å². The van der Waals surface area contributed by atoms with Crippen LogP contribution in [0.15, 0.2) is 70.9 Å². The van der Waals surface area contributed by atoms with Gasteiger partial charge in [0.05, 0.1) is 12.0 Å². The number of anilines is 1. The topological polar surface area (TPSA) is 47.6 Å². The molecule has 0 spiro atoms. The van der Waals surface area contributed by atoms with Crippen LogP contribution in [0.4, 0.5) is 5.69 Å². The number of hydrogen-bond donors (Lipinski definition) is 1. The molecule has 0 saturated carbocycles. The third-order valence-corrected chi connectivity index (χ3v) is 6.57. The fourth-order valence-corrected chi connectivity index (χ4v) is 5.12. The molecule has 1 aliphatic heterocycles. The number of benzene rings is 2. The molecular weight excluding hydrogens is 354 g/mol. The van der Waals surface area contributed by atoms with E-state index < -0.39 is 16.2 Å². The SMILES string of the molecule is COc1ccc(N[C@H](c2cccs2)[C@@H]2Oc3ccccc3S2=O)cc1. The van der Waals surface area contributed by atoms with Gasteiger partial charge in [0, 0.05) is 10.6 Å². The van der Waals surface area contributed by atoms with E-state index in [1.54, 1.807) is 18.4 Å². The molecule has 0 bridgehead atoms. The average Bonchev–Trinajstić information content (AvgIpc) is 3.29. The number of hydrogen-bond acceptors (Lipinski definition) is 5. The minimum atomic E-state index is -1.23. The van der Waals surface area contributed by atoms with Gasteiger partial charge >= 0.3 is 0 Å². The van der Waals surface area contributed by atoms with E-state index in [1.165, 1.54) is 0 Å². The van der Waals surface area contributed by atoms with E-state index >= 15 is 0 Å². The molecule has 4 nitrogen and oxygen atoms in total. The minimum absolute atomic E-state index is 0.207. The number of rotatable bonds is 5. The Morgan fingerprint density at radius 2 is 1.92 bits per heavy atom. The van der Waals surface area contributed by atoms with Gasteiger partial charge in [0.25, 0.3) is 0 Å². The van der Waals surface area contributed by atoms with Crippen LogP contribution in [0.2, 0.25) is 0 Å². The first-order valence-electron chi connectivity index (χ1n) is 7.86. The molecule has 25 heavy (non-hydrogen) atoms. The van der Waals surface area contributed by atoms with E-state index in [9.17, 15) is 4.21 Å². The van der Waals surface area contributed by atoms with Crippen LogP contribution in [-0.2, 0) is 10.8 Å². The Hall–Kier alpha value is -2.31. The quantitative estimate of drug-likeness (QED) is 0.720. The molecule has 1 unspecified atom stereocenters. The van der Waals surface area contributed by atoms with Crippen LogP contribution in [0.5, 0.6) is 11.5 Å². The molecule has 0 saturated heterocycles. The highest BCUT2D eigenvalue weighted by molar-refractivity contribution is 7.86. The lowest BCUT2D eigenvalue weighted by atomic mass is 10.2. The molecule has 3 atom stereocenters. The average molecular weight is 371 g/mol. The highest BCUT2D eigenvalue weighted by Gasteiger charge is 2.38. The predicted molar refractivity (Wildman–Crippen MR) is 101 cm³/mol. The summed E-state index contributed by atoms with van der Waals surface area (Å²) in [5.41, 5.74) is 0.453. The summed E-state index contributed by atoms with van der Waals surface area (Å²) in [6, 6.07) is 19.0. The summed E-state index contributed by atoms with van der Waals surface area (Å²) in [6.45, 7) is 0. The van der Waals surface area contributed by atoms with Crippen molar-refractivity contribution in [2.24, 2.45) is 0 Å². The molecule has 4 rings (SSSR count). The third-order valence-electron chi connectivity index (χ3n) is 4.05. The molecule has 0 aliphatic carbocycles. The minimum Gasteiger partial charge on any atom is -0.497 e. The summed E-state index contributed by atoms with van der Waals surface area (Å²) in [6.07, 6.45) is 0. The van der Waals surface area contributed by atoms with Gasteiger partial charge in [0.15, 0.2) is 0 Å². The first-order chi connectivity index (χ1) is 12.3. The lowest BCUT2D eigenvalue weighted by Gasteiger charge is -2.23. The van der Waals surface area contributed by atoms with Gasteiger partial charge in [-0.2, -0.15) is 0 Å². The standard InChI is InChI=1S/C19H17NO3S2/c1-22-14-10-8-13(9-11-14)20-18(16-6-4-12-24-16)19-23-15-5-2-3-7-17(15)25(19)21/h2-12,18-20H,1H3/t18-,19-,25?/m1/s1. The molecule has 128 valence electrons. The number of thiophene rings is 1. The molecule has 1 N–H and O–H groups in total. The summed E-state index contributed by atoms with van der Waals surface area (Å²) in [7, 11) is 0.410. The number of methoxy groups -OCH3 is 1. The van der Waals surface area contributed by atoms with Gasteiger partial charge in [-0.25, -0.2) is 0 Å². The zero-order chi connectivity index (χ0) is 17.2. The highest BCUT2D eigenvalue weighted by atomic mass is 32.2. The second kappa shape index (κ2) is 6.90. The Balaban J connectivity index is 1.65. The van der Waals surface area contributed by atoms with Crippen LogP contribution in [0.25, 0.3) is 0 Å². The van der Waals surface area contributed by atoms with Crippen LogP contribution in [0.1, 0.15) is 10.9 Å². The van der Waals surface area contributed by atoms with E-state index in [1.807, 2.05) is 66.0 Å². The largest absolute Gasteiger partial charge is 0.497 e. The van der Waals surface area contributed by atoms with Crippen LogP contribution in [0, 0.1) is 0 Å². The molecule has 0 radical (unpaired) electrons. The second-order valence-electron chi connectivity index (χ2n) is 5.60. The van der Waals surface area contributed by atoms with Gasteiger partial charge in [-0.1, -0.05) is 18.2 Å². The lowest BCUT2D eigenvalue weighted by Crippen LogP contribution is -2.30. The van der Waals surface area contributed by atoms with Crippen LogP contribution >= 0.6 is 11.3 Å². The Labute approximate surface area is 152 Å². The normalized spacial score (nSPS) is 19.7. The van der Waals surface area contributed by atoms with Gasteiger partial charge in [-0.3, -0.25) is 4.21 Å². The van der Waals surface area contributed by atoms with Crippen molar-refractivity contribution >= 4 is 27.8 Å². The summed E-state index contributed by atoms with van der Waals surface area (Å²) in [5, 5.41) is 5.49. The molecule has 0 amide bonds. The number of ether oxygens (including phenoxy) is 2. The Morgan fingerprint density at radius 1 is 1.12 bits per heavy atom. The van der Waals surface area contributed by atoms with E-state index in [-0.39, 0.29) is 6.04 Å². The van der Waals surface area contributed by atoms with E-state index in [0.29, 0.717) is 5.75 Å². The fraction of sp³-hybridized carbons (Fsp3) is 0.158. The van der Waals surface area contributed by atoms with Crippen molar-refractivity contribution in [2.75, 3.05) is 12.4 Å². The van der Waals surface area contributed by atoms with E-state index in [2.05, 4.69) is 5.32 Å². The van der Waals surface area contributed by atoms with Crippen LogP contribution < -0.4 is 14.8 Å². The van der Waals surface area contributed by atoms with Gasteiger partial charge in [0.1, 0.15) is 28.3 Å². The van der Waals surface area contributed by atoms with Gasteiger partial charge < -0.3 is 14.8 Å². The molecule has 2 heterocycles. The van der Waals surface area contributed by atoms with Crippen LogP contribution in [-0.4, -0.2) is 16.8 Å². The monoisotopic (exact) mass is 371 g/mol. The summed E-state index contributed by atoms with van der Waals surface area (Å²) >= 11 is 1.62. The van der Waals surface area contributed by atoms with Crippen molar-refractivity contribution in [3.05, 3.63) is 70.9 Å². The number of para-hydroxylation sites is 1. The maximum Gasteiger partial charge on any atom is 0.202 e. The molecule has 1 aliphatic rings. The van der Waals surface area contributed by atoms with Gasteiger partial charge in [0.2, 0.25) is 5.44 Å². The zero-order valence-corrected chi connectivity index (χ0v) is 15.2. The van der Waals surface area contributed by atoms with Crippen LogP contribution in [0.3, 0.4) is 0 Å². The molecular formula is C19H17NO3S2. The Kier molecular flexibility index (Phi) is 4.46. The second-order valence-corrected chi connectivity index (χ2v) is 8.07. The number of fused-ring (bicyclic) bond motifs is 1. The Bertz CT molecular complexity index is 878. The third kappa shape index (κ3) is 3.15. The van der Waals surface area contributed by atoms with Crippen molar-refractivity contribution < 1.29 is 13.7 Å². The van der Waals surface area contributed by atoms with Crippen molar-refractivity contribution in [3.63, 3.8) is 0 Å². The zero-order valence-electron chi connectivity index (χ0n) is 13.5. The molecule has 3 aromatic rings.